The molecule has 0 fully saturated rings. The number of halogens is 2. The molecule has 0 saturated heterocycles. The number of esters is 1. The molecule has 0 bridgehead atoms. The number of carbonyl (C=O) groups excluding carboxylic acids is 1. The van der Waals surface area contributed by atoms with Gasteiger partial charge in [0.2, 0.25) is 5.95 Å². The second-order valence-electron chi connectivity index (χ2n) is 7.10. The number of carbonyl (C=O) groups is 1. The van der Waals surface area contributed by atoms with Crippen LogP contribution in [0.5, 0.6) is 5.75 Å². The van der Waals surface area contributed by atoms with Crippen LogP contribution in [-0.2, 0) is 11.3 Å². The Hall–Kier alpha value is -4.08. The zero-order chi connectivity index (χ0) is 23.5. The second kappa shape index (κ2) is 9.19. The summed E-state index contributed by atoms with van der Waals surface area (Å²) in [5.74, 6) is -1.85. The summed E-state index contributed by atoms with van der Waals surface area (Å²) in [4.78, 5) is 25.6. The zero-order valence-electron chi connectivity index (χ0n) is 18.2. The number of methoxy groups -OCH3 is 1. The van der Waals surface area contributed by atoms with Crippen LogP contribution in [0.25, 0.3) is 16.6 Å². The molecular weight excluding hydrogens is 432 g/mol. The quantitative estimate of drug-likeness (QED) is 0.420. The molecule has 4 rings (SSSR count). The SMILES string of the molecule is CCOC(=O)c1ncn2c(NCc3cc(OC)c(F)cc3F)ncc(-c3cccnc3C)c12. The van der Waals surface area contributed by atoms with Crippen LogP contribution in [0.2, 0.25) is 0 Å². The van der Waals surface area contributed by atoms with Crippen LogP contribution in [-0.4, -0.2) is 39.0 Å². The van der Waals surface area contributed by atoms with E-state index in [0.29, 0.717) is 17.0 Å². The van der Waals surface area contributed by atoms with Gasteiger partial charge in [-0.1, -0.05) is 6.07 Å². The molecule has 0 aliphatic carbocycles. The van der Waals surface area contributed by atoms with Crippen LogP contribution in [0.3, 0.4) is 0 Å². The monoisotopic (exact) mass is 453 g/mol. The third-order valence-electron chi connectivity index (χ3n) is 5.09. The van der Waals surface area contributed by atoms with Gasteiger partial charge in [0.25, 0.3) is 0 Å². The molecule has 33 heavy (non-hydrogen) atoms. The Bertz CT molecular complexity index is 1340. The summed E-state index contributed by atoms with van der Waals surface area (Å²) in [6.45, 7) is 3.75. The van der Waals surface area contributed by atoms with Gasteiger partial charge in [-0.3, -0.25) is 9.38 Å². The lowest BCUT2D eigenvalue weighted by Gasteiger charge is -2.13. The van der Waals surface area contributed by atoms with E-state index in [1.54, 1.807) is 29.8 Å². The molecule has 0 saturated carbocycles. The second-order valence-corrected chi connectivity index (χ2v) is 7.10. The van der Waals surface area contributed by atoms with E-state index in [1.807, 2.05) is 13.0 Å². The molecule has 4 aromatic rings. The maximum absolute atomic E-state index is 14.3. The van der Waals surface area contributed by atoms with Gasteiger partial charge in [-0.25, -0.2) is 23.5 Å². The lowest BCUT2D eigenvalue weighted by atomic mass is 10.0. The van der Waals surface area contributed by atoms with Crippen molar-refractivity contribution in [1.82, 2.24) is 19.4 Å². The number of pyridine rings is 1. The molecule has 0 radical (unpaired) electrons. The minimum Gasteiger partial charge on any atom is -0.494 e. The first-order valence-corrected chi connectivity index (χ1v) is 10.2. The molecular formula is C23H21F2N5O3. The third-order valence-corrected chi connectivity index (χ3v) is 5.09. The molecule has 1 N–H and O–H groups in total. The lowest BCUT2D eigenvalue weighted by molar-refractivity contribution is 0.0522. The molecule has 1 aromatic carbocycles. The normalized spacial score (nSPS) is 10.9. The van der Waals surface area contributed by atoms with Crippen molar-refractivity contribution in [3.05, 3.63) is 71.6 Å². The highest BCUT2D eigenvalue weighted by Gasteiger charge is 2.22. The van der Waals surface area contributed by atoms with Crippen molar-refractivity contribution >= 4 is 17.4 Å². The van der Waals surface area contributed by atoms with E-state index >= 15 is 0 Å². The van der Waals surface area contributed by atoms with Gasteiger partial charge in [-0.15, -0.1) is 0 Å². The maximum atomic E-state index is 14.3. The number of imidazole rings is 1. The van der Waals surface area contributed by atoms with Gasteiger partial charge in [0, 0.05) is 47.4 Å². The standard InChI is InChI=1S/C23H21F2N5O3/c1-4-33-22(31)20-21-16(15-6-5-7-26-13(15)2)11-28-23(30(21)12-29-20)27-10-14-8-19(32-3)18(25)9-17(14)24/h5-9,11-12H,4,10H2,1-3H3,(H,27,28). The van der Waals surface area contributed by atoms with E-state index in [2.05, 4.69) is 20.3 Å². The number of hydrogen-bond acceptors (Lipinski definition) is 7. The molecule has 3 heterocycles. The summed E-state index contributed by atoms with van der Waals surface area (Å²) in [6, 6.07) is 5.70. The van der Waals surface area contributed by atoms with E-state index in [9.17, 15) is 13.6 Å². The molecule has 8 nitrogen and oxygen atoms in total. The first-order chi connectivity index (χ1) is 15.9. The molecule has 0 aliphatic heterocycles. The third kappa shape index (κ3) is 4.19. The highest BCUT2D eigenvalue weighted by atomic mass is 19.1. The van der Waals surface area contributed by atoms with Crippen LogP contribution in [0.15, 0.2) is 43.0 Å². The summed E-state index contributed by atoms with van der Waals surface area (Å²) in [7, 11) is 1.31. The molecule has 0 atom stereocenters. The minimum atomic E-state index is -0.788. The summed E-state index contributed by atoms with van der Waals surface area (Å²) in [5.41, 5.74) is 2.94. The average molecular weight is 453 g/mol. The number of anilines is 1. The Morgan fingerprint density at radius 3 is 2.70 bits per heavy atom. The highest BCUT2D eigenvalue weighted by Crippen LogP contribution is 2.30. The van der Waals surface area contributed by atoms with Gasteiger partial charge in [-0.05, 0) is 26.0 Å². The highest BCUT2D eigenvalue weighted by molar-refractivity contribution is 6.00. The number of nitrogens with one attached hydrogen (secondary N) is 1. The van der Waals surface area contributed by atoms with Crippen LogP contribution in [0.4, 0.5) is 14.7 Å². The van der Waals surface area contributed by atoms with Crippen LogP contribution >= 0.6 is 0 Å². The number of fused-ring (bicyclic) bond motifs is 1. The number of benzene rings is 1. The topological polar surface area (TPSA) is 90.6 Å². The average Bonchev–Trinajstić information content (AvgIpc) is 3.25. The Labute approximate surface area is 188 Å². The fraction of sp³-hybridized carbons (Fsp3) is 0.217. The molecule has 10 heteroatoms. The number of aryl methyl sites for hydroxylation is 1. The predicted molar refractivity (Wildman–Crippen MR) is 117 cm³/mol. The fourth-order valence-corrected chi connectivity index (χ4v) is 3.50. The number of aromatic nitrogens is 4. The van der Waals surface area contributed by atoms with Crippen molar-refractivity contribution in [2.24, 2.45) is 0 Å². The predicted octanol–water partition coefficient (Wildman–Crippen LogP) is 4.18. The Kier molecular flexibility index (Phi) is 6.16. The van der Waals surface area contributed by atoms with Crippen molar-refractivity contribution in [2.45, 2.75) is 20.4 Å². The maximum Gasteiger partial charge on any atom is 0.359 e. The molecule has 0 spiro atoms. The van der Waals surface area contributed by atoms with Gasteiger partial charge >= 0.3 is 5.97 Å². The van der Waals surface area contributed by atoms with E-state index in [0.717, 1.165) is 17.3 Å². The number of hydrogen-bond donors (Lipinski definition) is 1. The summed E-state index contributed by atoms with van der Waals surface area (Å²) in [5, 5.41) is 3.02. The van der Waals surface area contributed by atoms with Gasteiger partial charge in [0.05, 0.1) is 19.2 Å². The van der Waals surface area contributed by atoms with Crippen molar-refractivity contribution in [1.29, 1.82) is 0 Å². The van der Waals surface area contributed by atoms with Gasteiger partial charge < -0.3 is 14.8 Å². The van der Waals surface area contributed by atoms with Gasteiger partial charge in [-0.2, -0.15) is 0 Å². The van der Waals surface area contributed by atoms with Crippen LogP contribution < -0.4 is 10.1 Å². The Balaban J connectivity index is 1.79. The summed E-state index contributed by atoms with van der Waals surface area (Å²) < 4.78 is 39.7. The Morgan fingerprint density at radius 1 is 1.15 bits per heavy atom. The van der Waals surface area contributed by atoms with E-state index in [1.165, 1.54) is 19.5 Å². The van der Waals surface area contributed by atoms with Crippen molar-refractivity contribution in [2.75, 3.05) is 19.0 Å². The summed E-state index contributed by atoms with van der Waals surface area (Å²) >= 11 is 0. The smallest absolute Gasteiger partial charge is 0.359 e. The van der Waals surface area contributed by atoms with E-state index in [4.69, 9.17) is 9.47 Å². The number of nitrogens with zero attached hydrogens (tertiary/aromatic N) is 4. The first-order valence-electron chi connectivity index (χ1n) is 10.2. The van der Waals surface area contributed by atoms with Crippen molar-refractivity contribution in [3.8, 4) is 16.9 Å². The van der Waals surface area contributed by atoms with E-state index < -0.39 is 17.6 Å². The summed E-state index contributed by atoms with van der Waals surface area (Å²) in [6.07, 6.45) is 4.70. The lowest BCUT2D eigenvalue weighted by Crippen LogP contribution is -2.10. The number of rotatable bonds is 7. The van der Waals surface area contributed by atoms with Crippen molar-refractivity contribution < 1.29 is 23.0 Å². The Morgan fingerprint density at radius 2 is 1.97 bits per heavy atom. The van der Waals surface area contributed by atoms with Crippen LogP contribution in [0.1, 0.15) is 28.7 Å². The van der Waals surface area contributed by atoms with Gasteiger partial charge in [0.15, 0.2) is 17.3 Å². The number of ether oxygens (including phenoxy) is 2. The minimum absolute atomic E-state index is 0.0112. The van der Waals surface area contributed by atoms with Crippen LogP contribution in [0, 0.1) is 18.6 Å². The van der Waals surface area contributed by atoms with Crippen molar-refractivity contribution in [3.63, 3.8) is 0 Å². The molecule has 170 valence electrons. The zero-order valence-corrected chi connectivity index (χ0v) is 18.2. The largest absolute Gasteiger partial charge is 0.494 e. The van der Waals surface area contributed by atoms with E-state index in [-0.39, 0.29) is 30.2 Å². The van der Waals surface area contributed by atoms with Gasteiger partial charge in [0.1, 0.15) is 12.1 Å². The first kappa shape index (κ1) is 22.1. The molecule has 3 aromatic heterocycles. The molecule has 0 unspecified atom stereocenters. The fourth-order valence-electron chi connectivity index (χ4n) is 3.50. The molecule has 0 amide bonds. The molecule has 0 aliphatic rings.